The van der Waals surface area contributed by atoms with E-state index in [1.54, 1.807) is 0 Å². The first-order chi connectivity index (χ1) is 12.3. The van der Waals surface area contributed by atoms with Crippen LogP contribution in [0.2, 0.25) is 0 Å². The Kier molecular flexibility index (Phi) is 5.25. The quantitative estimate of drug-likeness (QED) is 0.815. The van der Waals surface area contributed by atoms with E-state index in [9.17, 15) is 0 Å². The Balaban J connectivity index is 1.55. The van der Waals surface area contributed by atoms with Gasteiger partial charge in [-0.25, -0.2) is 0 Å². The first-order valence-corrected chi connectivity index (χ1v) is 10.2. The molecule has 0 N–H and O–H groups in total. The van der Waals surface area contributed by atoms with Crippen molar-refractivity contribution in [2.75, 3.05) is 73.6 Å². The SMILES string of the molecule is CCCN1CCN(c2cc(N3CCCC3)nc(N3CCCC3)n2)CC1. The van der Waals surface area contributed by atoms with Gasteiger partial charge in [0.05, 0.1) is 0 Å². The lowest BCUT2D eigenvalue weighted by atomic mass is 10.3. The van der Waals surface area contributed by atoms with Crippen LogP contribution in [0.25, 0.3) is 0 Å². The summed E-state index contributed by atoms with van der Waals surface area (Å²) in [5, 5.41) is 0. The molecule has 0 radical (unpaired) electrons. The monoisotopic (exact) mass is 344 g/mol. The van der Waals surface area contributed by atoms with Crippen molar-refractivity contribution in [3.05, 3.63) is 6.07 Å². The molecule has 0 saturated carbocycles. The van der Waals surface area contributed by atoms with Gasteiger partial charge in [0.25, 0.3) is 0 Å². The Morgan fingerprint density at radius 3 is 1.80 bits per heavy atom. The van der Waals surface area contributed by atoms with E-state index in [0.29, 0.717) is 0 Å². The van der Waals surface area contributed by atoms with E-state index in [1.807, 2.05) is 0 Å². The molecular weight excluding hydrogens is 312 g/mol. The third-order valence-electron chi connectivity index (χ3n) is 5.74. The van der Waals surface area contributed by atoms with E-state index in [1.165, 1.54) is 38.6 Å². The molecule has 0 atom stereocenters. The fourth-order valence-corrected chi connectivity index (χ4v) is 4.26. The predicted molar refractivity (Wildman–Crippen MR) is 104 cm³/mol. The van der Waals surface area contributed by atoms with Crippen LogP contribution in [0.5, 0.6) is 0 Å². The van der Waals surface area contributed by atoms with E-state index >= 15 is 0 Å². The van der Waals surface area contributed by atoms with Gasteiger partial charge in [-0.2, -0.15) is 9.97 Å². The molecule has 3 aliphatic heterocycles. The van der Waals surface area contributed by atoms with Gasteiger partial charge in [-0.3, -0.25) is 4.90 Å². The summed E-state index contributed by atoms with van der Waals surface area (Å²) >= 11 is 0. The van der Waals surface area contributed by atoms with Crippen LogP contribution in [-0.4, -0.2) is 73.8 Å². The maximum atomic E-state index is 4.98. The second-order valence-corrected chi connectivity index (χ2v) is 7.60. The third kappa shape index (κ3) is 3.84. The van der Waals surface area contributed by atoms with Crippen molar-refractivity contribution in [3.8, 4) is 0 Å². The molecule has 0 amide bonds. The zero-order valence-electron chi connectivity index (χ0n) is 15.7. The van der Waals surface area contributed by atoms with E-state index < -0.39 is 0 Å². The van der Waals surface area contributed by atoms with Crippen LogP contribution in [0, 0.1) is 0 Å². The Labute approximate surface area is 151 Å². The average Bonchev–Trinajstić information content (AvgIpc) is 3.36. The summed E-state index contributed by atoms with van der Waals surface area (Å²) in [5.41, 5.74) is 0. The largest absolute Gasteiger partial charge is 0.356 e. The second-order valence-electron chi connectivity index (χ2n) is 7.60. The van der Waals surface area contributed by atoms with Crippen molar-refractivity contribution >= 4 is 17.6 Å². The highest BCUT2D eigenvalue weighted by Gasteiger charge is 2.24. The number of anilines is 3. The number of hydrogen-bond acceptors (Lipinski definition) is 6. The number of piperazine rings is 1. The lowest BCUT2D eigenvalue weighted by molar-refractivity contribution is 0.258. The van der Waals surface area contributed by atoms with Crippen LogP contribution in [0.15, 0.2) is 6.07 Å². The second kappa shape index (κ2) is 7.77. The van der Waals surface area contributed by atoms with Crippen molar-refractivity contribution in [1.29, 1.82) is 0 Å². The number of aromatic nitrogens is 2. The van der Waals surface area contributed by atoms with E-state index in [0.717, 1.165) is 69.9 Å². The van der Waals surface area contributed by atoms with Gasteiger partial charge in [-0.1, -0.05) is 6.92 Å². The minimum atomic E-state index is 0.952. The molecule has 3 saturated heterocycles. The maximum absolute atomic E-state index is 4.98. The molecule has 4 rings (SSSR count). The Morgan fingerprint density at radius 1 is 0.720 bits per heavy atom. The zero-order chi connectivity index (χ0) is 17.1. The highest BCUT2D eigenvalue weighted by molar-refractivity contribution is 5.56. The molecule has 138 valence electrons. The lowest BCUT2D eigenvalue weighted by Gasteiger charge is -2.36. The van der Waals surface area contributed by atoms with Gasteiger partial charge < -0.3 is 14.7 Å². The van der Waals surface area contributed by atoms with Crippen LogP contribution in [0.3, 0.4) is 0 Å². The van der Waals surface area contributed by atoms with Gasteiger partial charge in [-0.05, 0) is 38.6 Å². The number of hydrogen-bond donors (Lipinski definition) is 0. The molecule has 0 aromatic carbocycles. The van der Waals surface area contributed by atoms with Crippen molar-refractivity contribution in [2.45, 2.75) is 39.0 Å². The highest BCUT2D eigenvalue weighted by Crippen LogP contribution is 2.27. The smallest absolute Gasteiger partial charge is 0.229 e. The molecule has 1 aromatic heterocycles. The normalized spacial score (nSPS) is 22.2. The molecule has 0 unspecified atom stereocenters. The van der Waals surface area contributed by atoms with E-state index in [4.69, 9.17) is 9.97 Å². The van der Waals surface area contributed by atoms with E-state index in [-0.39, 0.29) is 0 Å². The molecule has 4 heterocycles. The van der Waals surface area contributed by atoms with Crippen molar-refractivity contribution < 1.29 is 0 Å². The molecule has 0 aliphatic carbocycles. The fourth-order valence-electron chi connectivity index (χ4n) is 4.26. The maximum Gasteiger partial charge on any atom is 0.229 e. The Hall–Kier alpha value is -1.56. The van der Waals surface area contributed by atoms with Crippen molar-refractivity contribution in [1.82, 2.24) is 14.9 Å². The molecule has 0 spiro atoms. The average molecular weight is 345 g/mol. The molecule has 0 bridgehead atoms. The van der Waals surface area contributed by atoms with Crippen LogP contribution in [-0.2, 0) is 0 Å². The number of rotatable bonds is 5. The van der Waals surface area contributed by atoms with Gasteiger partial charge in [0.15, 0.2) is 0 Å². The molecule has 6 heteroatoms. The van der Waals surface area contributed by atoms with Gasteiger partial charge in [-0.15, -0.1) is 0 Å². The standard InChI is InChI=1S/C19H32N6/c1-2-7-22-12-14-24(15-13-22)18-16-17(23-8-3-4-9-23)20-19(21-18)25-10-5-6-11-25/h16H,2-15H2,1H3. The summed E-state index contributed by atoms with van der Waals surface area (Å²) in [7, 11) is 0. The summed E-state index contributed by atoms with van der Waals surface area (Å²) in [4.78, 5) is 19.8. The van der Waals surface area contributed by atoms with Gasteiger partial charge in [0, 0.05) is 58.4 Å². The topological polar surface area (TPSA) is 38.7 Å². The Morgan fingerprint density at radius 2 is 1.24 bits per heavy atom. The molecule has 25 heavy (non-hydrogen) atoms. The summed E-state index contributed by atoms with van der Waals surface area (Å²) < 4.78 is 0. The Bertz CT molecular complexity index is 523. The first kappa shape index (κ1) is 16.9. The van der Waals surface area contributed by atoms with Crippen LogP contribution < -0.4 is 14.7 Å². The predicted octanol–water partition coefficient (Wildman–Crippen LogP) is 2.21. The molecule has 1 aromatic rings. The zero-order valence-corrected chi connectivity index (χ0v) is 15.7. The fraction of sp³-hybridized carbons (Fsp3) is 0.789. The summed E-state index contributed by atoms with van der Waals surface area (Å²) in [6, 6.07) is 2.24. The van der Waals surface area contributed by atoms with E-state index in [2.05, 4.69) is 32.6 Å². The van der Waals surface area contributed by atoms with Gasteiger partial charge >= 0.3 is 0 Å². The van der Waals surface area contributed by atoms with Crippen LogP contribution in [0.1, 0.15) is 39.0 Å². The molecular formula is C19H32N6. The highest BCUT2D eigenvalue weighted by atomic mass is 15.3. The van der Waals surface area contributed by atoms with Gasteiger partial charge in [0.1, 0.15) is 11.6 Å². The first-order valence-electron chi connectivity index (χ1n) is 10.2. The third-order valence-corrected chi connectivity index (χ3v) is 5.74. The summed E-state index contributed by atoms with van der Waals surface area (Å²) in [6.07, 6.45) is 6.35. The van der Waals surface area contributed by atoms with Crippen LogP contribution in [0.4, 0.5) is 17.6 Å². The molecule has 3 fully saturated rings. The summed E-state index contributed by atoms with van der Waals surface area (Å²) in [5.74, 6) is 3.23. The minimum Gasteiger partial charge on any atom is -0.356 e. The molecule has 6 nitrogen and oxygen atoms in total. The minimum absolute atomic E-state index is 0.952. The van der Waals surface area contributed by atoms with Crippen LogP contribution >= 0.6 is 0 Å². The lowest BCUT2D eigenvalue weighted by Crippen LogP contribution is -2.47. The number of nitrogens with zero attached hydrogens (tertiary/aromatic N) is 6. The molecule has 3 aliphatic rings. The van der Waals surface area contributed by atoms with Gasteiger partial charge in [0.2, 0.25) is 5.95 Å². The van der Waals surface area contributed by atoms with Crippen molar-refractivity contribution in [3.63, 3.8) is 0 Å². The van der Waals surface area contributed by atoms with Crippen molar-refractivity contribution in [2.24, 2.45) is 0 Å². The summed E-state index contributed by atoms with van der Waals surface area (Å²) in [6.45, 7) is 12.4.